The van der Waals surface area contributed by atoms with Crippen LogP contribution in [0.2, 0.25) is 0 Å². The number of nitrogens with zero attached hydrogens (tertiary/aromatic N) is 1. The quantitative estimate of drug-likeness (QED) is 0.810. The molecule has 0 bridgehead atoms. The van der Waals surface area contributed by atoms with Gasteiger partial charge in [0.2, 0.25) is 0 Å². The van der Waals surface area contributed by atoms with Gasteiger partial charge in [-0.1, -0.05) is 13.8 Å². The minimum atomic E-state index is 0.179. The van der Waals surface area contributed by atoms with Crippen molar-refractivity contribution in [2.75, 3.05) is 32.7 Å². The fraction of sp³-hybridized carbons (Fsp3) is 0.643. The van der Waals surface area contributed by atoms with Crippen molar-refractivity contribution in [2.24, 2.45) is 5.41 Å². The molecule has 0 saturated heterocycles. The number of anilines is 1. The number of aryl methyl sites for hydroxylation is 1. The zero-order valence-electron chi connectivity index (χ0n) is 12.0. The van der Waals surface area contributed by atoms with Crippen molar-refractivity contribution in [3.8, 4) is 5.75 Å². The molecule has 0 aliphatic carbocycles. The topological polar surface area (TPSA) is 43.4 Å². The largest absolute Gasteiger partial charge is 0.493 e. The maximum absolute atomic E-state index is 5.30. The molecule has 0 radical (unpaired) electrons. The molecule has 0 spiro atoms. The number of rotatable bonds is 7. The molecule has 18 heavy (non-hydrogen) atoms. The first-order chi connectivity index (χ1) is 8.48. The Hall–Kier alpha value is -1.29. The van der Waals surface area contributed by atoms with Gasteiger partial charge in [-0.05, 0) is 24.8 Å². The predicted octanol–water partition coefficient (Wildman–Crippen LogP) is 2.87. The molecule has 0 fully saturated rings. The van der Waals surface area contributed by atoms with Crippen molar-refractivity contribution in [3.63, 3.8) is 0 Å². The molecule has 1 aromatic rings. The summed E-state index contributed by atoms with van der Waals surface area (Å²) in [4.78, 5) is 4.22. The van der Waals surface area contributed by atoms with E-state index in [0.717, 1.165) is 36.7 Å². The highest BCUT2D eigenvalue weighted by Gasteiger charge is 2.18. The molecule has 1 N–H and O–H groups in total. The Kier molecular flexibility index (Phi) is 5.41. The second-order valence-electron chi connectivity index (χ2n) is 5.29. The third-order valence-corrected chi connectivity index (χ3v) is 2.96. The highest BCUT2D eigenvalue weighted by molar-refractivity contribution is 5.56. The molecular formula is C14H24N2O2. The van der Waals surface area contributed by atoms with Gasteiger partial charge in [0, 0.05) is 26.0 Å². The lowest BCUT2D eigenvalue weighted by Gasteiger charge is -2.25. The number of hydrogen-bond donors (Lipinski definition) is 1. The van der Waals surface area contributed by atoms with Crippen LogP contribution in [0.1, 0.15) is 26.0 Å². The van der Waals surface area contributed by atoms with Gasteiger partial charge in [-0.25, -0.2) is 0 Å². The standard InChI is InChI=1S/C14H24N2O2/c1-11-8-12(13(18-5)9-15-11)16-10-14(2,3)6-7-17-4/h8-9H,6-7,10H2,1-5H3,(H,15,16). The van der Waals surface area contributed by atoms with E-state index in [9.17, 15) is 0 Å². The minimum Gasteiger partial charge on any atom is -0.493 e. The summed E-state index contributed by atoms with van der Waals surface area (Å²) in [5, 5.41) is 3.43. The second kappa shape index (κ2) is 6.59. The highest BCUT2D eigenvalue weighted by Crippen LogP contribution is 2.27. The molecule has 0 atom stereocenters. The van der Waals surface area contributed by atoms with Crippen LogP contribution in [0.5, 0.6) is 5.75 Å². The van der Waals surface area contributed by atoms with E-state index >= 15 is 0 Å². The van der Waals surface area contributed by atoms with Gasteiger partial charge in [0.25, 0.3) is 0 Å². The number of pyridine rings is 1. The number of nitrogens with one attached hydrogen (secondary N) is 1. The van der Waals surface area contributed by atoms with Crippen LogP contribution in [0.4, 0.5) is 5.69 Å². The maximum Gasteiger partial charge on any atom is 0.160 e. The molecule has 0 aliphatic rings. The molecule has 0 unspecified atom stereocenters. The Bertz CT molecular complexity index is 378. The van der Waals surface area contributed by atoms with Crippen molar-refractivity contribution in [3.05, 3.63) is 18.0 Å². The summed E-state index contributed by atoms with van der Waals surface area (Å²) in [6, 6.07) is 2.01. The summed E-state index contributed by atoms with van der Waals surface area (Å²) in [5.41, 5.74) is 2.15. The molecule has 1 rings (SSSR count). The molecule has 0 amide bonds. The van der Waals surface area contributed by atoms with E-state index in [4.69, 9.17) is 9.47 Å². The van der Waals surface area contributed by atoms with Crippen molar-refractivity contribution in [2.45, 2.75) is 27.2 Å². The highest BCUT2D eigenvalue weighted by atomic mass is 16.5. The van der Waals surface area contributed by atoms with Crippen molar-refractivity contribution < 1.29 is 9.47 Å². The summed E-state index contributed by atoms with van der Waals surface area (Å²) in [7, 11) is 3.40. The van der Waals surface area contributed by atoms with Gasteiger partial charge in [-0.15, -0.1) is 0 Å². The van der Waals surface area contributed by atoms with Crippen LogP contribution in [0.3, 0.4) is 0 Å². The van der Waals surface area contributed by atoms with Crippen LogP contribution in [0.25, 0.3) is 0 Å². The maximum atomic E-state index is 5.30. The van der Waals surface area contributed by atoms with Crippen molar-refractivity contribution in [1.29, 1.82) is 0 Å². The number of ether oxygens (including phenoxy) is 2. The van der Waals surface area contributed by atoms with E-state index < -0.39 is 0 Å². The van der Waals surface area contributed by atoms with Gasteiger partial charge >= 0.3 is 0 Å². The first-order valence-electron chi connectivity index (χ1n) is 6.22. The van der Waals surface area contributed by atoms with Gasteiger partial charge in [0.15, 0.2) is 5.75 Å². The van der Waals surface area contributed by atoms with E-state index in [2.05, 4.69) is 24.1 Å². The van der Waals surface area contributed by atoms with Crippen LogP contribution in [-0.4, -0.2) is 32.4 Å². The molecule has 0 saturated carbocycles. The second-order valence-corrected chi connectivity index (χ2v) is 5.29. The van der Waals surface area contributed by atoms with Crippen LogP contribution < -0.4 is 10.1 Å². The number of aromatic nitrogens is 1. The summed E-state index contributed by atoms with van der Waals surface area (Å²) < 4.78 is 10.4. The van der Waals surface area contributed by atoms with E-state index in [0.29, 0.717) is 0 Å². The van der Waals surface area contributed by atoms with Crippen molar-refractivity contribution >= 4 is 5.69 Å². The Morgan fingerprint density at radius 2 is 2.06 bits per heavy atom. The van der Waals surface area contributed by atoms with Crippen LogP contribution in [-0.2, 0) is 4.74 Å². The SMILES string of the molecule is COCCC(C)(C)CNc1cc(C)ncc1OC. The Morgan fingerprint density at radius 3 is 2.67 bits per heavy atom. The van der Waals surface area contributed by atoms with Crippen LogP contribution in [0, 0.1) is 12.3 Å². The van der Waals surface area contributed by atoms with Gasteiger partial charge in [0.05, 0.1) is 19.0 Å². The molecule has 0 aromatic carbocycles. The number of hydrogen-bond acceptors (Lipinski definition) is 4. The molecule has 4 heteroatoms. The van der Waals surface area contributed by atoms with E-state index in [1.165, 1.54) is 0 Å². The number of methoxy groups -OCH3 is 2. The van der Waals surface area contributed by atoms with Crippen LogP contribution >= 0.6 is 0 Å². The fourth-order valence-electron chi connectivity index (χ4n) is 1.65. The summed E-state index contributed by atoms with van der Waals surface area (Å²) in [6.45, 7) is 8.07. The van der Waals surface area contributed by atoms with Gasteiger partial charge < -0.3 is 14.8 Å². The molecule has 0 aliphatic heterocycles. The lowest BCUT2D eigenvalue weighted by molar-refractivity contribution is 0.157. The Balaban J connectivity index is 2.64. The average molecular weight is 252 g/mol. The van der Waals surface area contributed by atoms with Crippen molar-refractivity contribution in [1.82, 2.24) is 4.98 Å². The molecule has 102 valence electrons. The summed E-state index contributed by atoms with van der Waals surface area (Å²) in [5.74, 6) is 0.781. The third-order valence-electron chi connectivity index (χ3n) is 2.96. The normalized spacial score (nSPS) is 11.4. The lowest BCUT2D eigenvalue weighted by atomic mass is 9.89. The van der Waals surface area contributed by atoms with E-state index in [1.54, 1.807) is 20.4 Å². The first-order valence-corrected chi connectivity index (χ1v) is 6.22. The summed E-state index contributed by atoms with van der Waals surface area (Å²) in [6.07, 6.45) is 2.77. The van der Waals surface area contributed by atoms with E-state index in [1.807, 2.05) is 13.0 Å². The zero-order chi connectivity index (χ0) is 13.6. The van der Waals surface area contributed by atoms with Crippen LogP contribution in [0.15, 0.2) is 12.3 Å². The zero-order valence-corrected chi connectivity index (χ0v) is 12.0. The monoisotopic (exact) mass is 252 g/mol. The molecule has 1 aromatic heterocycles. The first kappa shape index (κ1) is 14.8. The van der Waals surface area contributed by atoms with Gasteiger partial charge in [-0.3, -0.25) is 4.98 Å². The molecule has 4 nitrogen and oxygen atoms in total. The lowest BCUT2D eigenvalue weighted by Crippen LogP contribution is -2.24. The fourth-order valence-corrected chi connectivity index (χ4v) is 1.65. The predicted molar refractivity (Wildman–Crippen MR) is 74.3 cm³/mol. The smallest absolute Gasteiger partial charge is 0.160 e. The Labute approximate surface area is 110 Å². The molecule has 1 heterocycles. The summed E-state index contributed by atoms with van der Waals surface area (Å²) >= 11 is 0. The minimum absolute atomic E-state index is 0.179. The van der Waals surface area contributed by atoms with Gasteiger partial charge in [0.1, 0.15) is 0 Å². The molecular weight excluding hydrogens is 228 g/mol. The Morgan fingerprint density at radius 1 is 1.33 bits per heavy atom. The average Bonchev–Trinajstić information content (AvgIpc) is 2.34. The van der Waals surface area contributed by atoms with Gasteiger partial charge in [-0.2, -0.15) is 0 Å². The van der Waals surface area contributed by atoms with E-state index in [-0.39, 0.29) is 5.41 Å². The third kappa shape index (κ3) is 4.53.